The summed E-state index contributed by atoms with van der Waals surface area (Å²) < 4.78 is 12.0. The molecular weight excluding hydrogens is 486 g/mol. The van der Waals surface area contributed by atoms with Crippen LogP contribution in [-0.4, -0.2) is 30.0 Å². The Morgan fingerprint density at radius 3 is 2.55 bits per heavy atom. The molecule has 2 N–H and O–H groups in total. The van der Waals surface area contributed by atoms with Crippen LogP contribution < -0.4 is 20.2 Å². The van der Waals surface area contributed by atoms with Gasteiger partial charge in [-0.25, -0.2) is 5.01 Å². The normalized spacial score (nSPS) is 14.8. The minimum Gasteiger partial charge on any atom is -0.494 e. The number of hydrazine groups is 1. The van der Waals surface area contributed by atoms with Gasteiger partial charge < -0.3 is 14.8 Å². The third-order valence-electron chi connectivity index (χ3n) is 5.15. The number of para-hydroxylation sites is 2. The van der Waals surface area contributed by atoms with Crippen LogP contribution in [0.1, 0.15) is 46.3 Å². The van der Waals surface area contributed by atoms with Crippen molar-refractivity contribution in [3.63, 3.8) is 0 Å². The first-order valence-electron chi connectivity index (χ1n) is 10.7. The number of nitrogens with one attached hydrogen (secondary N) is 2. The Morgan fingerprint density at radius 1 is 1.03 bits per heavy atom. The summed E-state index contributed by atoms with van der Waals surface area (Å²) in [5, 5.41) is 4.68. The monoisotopic (exact) mass is 509 g/mol. The molecule has 2 amide bonds. The molecule has 0 spiro atoms. The first-order chi connectivity index (χ1) is 16.0. The maximum absolute atomic E-state index is 13.5. The number of halogens is 1. The molecule has 33 heavy (non-hydrogen) atoms. The predicted octanol–water partition coefficient (Wildman–Crippen LogP) is 5.16. The van der Waals surface area contributed by atoms with E-state index in [0.717, 1.165) is 10.0 Å². The lowest BCUT2D eigenvalue weighted by molar-refractivity contribution is 0.0488. The lowest BCUT2D eigenvalue weighted by Crippen LogP contribution is -2.53. The molecule has 170 valence electrons. The Kier molecular flexibility index (Phi) is 6.84. The van der Waals surface area contributed by atoms with Crippen LogP contribution in [0, 0.1) is 0 Å². The predicted molar refractivity (Wildman–Crippen MR) is 129 cm³/mol. The smallest absolute Gasteiger partial charge is 0.276 e. The van der Waals surface area contributed by atoms with Gasteiger partial charge in [-0.2, -0.15) is 0 Å². The zero-order valence-corrected chi connectivity index (χ0v) is 19.9. The van der Waals surface area contributed by atoms with Gasteiger partial charge in [0, 0.05) is 15.7 Å². The van der Waals surface area contributed by atoms with Gasteiger partial charge in [-0.15, -0.1) is 0 Å². The molecule has 3 aromatic rings. The summed E-state index contributed by atoms with van der Waals surface area (Å²) in [4.78, 5) is 26.7. The molecule has 1 atom stereocenters. The molecule has 0 fully saturated rings. The Balaban J connectivity index is 1.75. The molecule has 3 aromatic carbocycles. The van der Waals surface area contributed by atoms with Gasteiger partial charge in [-0.3, -0.25) is 15.0 Å². The quantitative estimate of drug-likeness (QED) is 0.459. The molecular formula is C25H24BrN3O4. The van der Waals surface area contributed by atoms with Crippen LogP contribution in [0.3, 0.4) is 0 Å². The van der Waals surface area contributed by atoms with Crippen LogP contribution in [0.2, 0.25) is 0 Å². The maximum atomic E-state index is 13.5. The van der Waals surface area contributed by atoms with E-state index in [1.54, 1.807) is 36.4 Å². The van der Waals surface area contributed by atoms with E-state index < -0.39 is 12.1 Å². The van der Waals surface area contributed by atoms with Gasteiger partial charge in [0.25, 0.3) is 11.8 Å². The zero-order chi connectivity index (χ0) is 23.4. The average Bonchev–Trinajstić information content (AvgIpc) is 2.83. The number of ether oxygens (including phenoxy) is 2. The molecule has 0 aromatic heterocycles. The topological polar surface area (TPSA) is 79.9 Å². The molecule has 7 nitrogen and oxygen atoms in total. The molecule has 0 bridgehead atoms. The van der Waals surface area contributed by atoms with Crippen LogP contribution in [-0.2, 0) is 0 Å². The molecule has 1 aliphatic heterocycles. The summed E-state index contributed by atoms with van der Waals surface area (Å²) >= 11 is 3.58. The van der Waals surface area contributed by atoms with Gasteiger partial charge in [0.05, 0.1) is 24.3 Å². The summed E-state index contributed by atoms with van der Waals surface area (Å²) in [5.41, 5.74) is 5.01. The minimum absolute atomic E-state index is 0.328. The van der Waals surface area contributed by atoms with Crippen molar-refractivity contribution in [3.05, 3.63) is 87.9 Å². The highest BCUT2D eigenvalue weighted by Gasteiger charge is 2.36. The zero-order valence-electron chi connectivity index (χ0n) is 18.3. The molecule has 1 heterocycles. The van der Waals surface area contributed by atoms with E-state index in [4.69, 9.17) is 9.47 Å². The Labute approximate surface area is 200 Å². The van der Waals surface area contributed by atoms with E-state index in [2.05, 4.69) is 26.7 Å². The molecule has 1 aliphatic rings. The fraction of sp³-hybridized carbons (Fsp3) is 0.200. The van der Waals surface area contributed by atoms with E-state index >= 15 is 0 Å². The van der Waals surface area contributed by atoms with Crippen LogP contribution in [0.4, 0.5) is 5.69 Å². The number of carbonyl (C=O) groups is 2. The average molecular weight is 510 g/mol. The molecule has 0 saturated carbocycles. The van der Waals surface area contributed by atoms with Crippen LogP contribution in [0.15, 0.2) is 71.2 Å². The number of hydrogen-bond acceptors (Lipinski definition) is 5. The van der Waals surface area contributed by atoms with Gasteiger partial charge >= 0.3 is 0 Å². The van der Waals surface area contributed by atoms with E-state index in [9.17, 15) is 9.59 Å². The lowest BCUT2D eigenvalue weighted by Gasteiger charge is -2.38. The highest BCUT2D eigenvalue weighted by molar-refractivity contribution is 9.10. The number of benzene rings is 3. The van der Waals surface area contributed by atoms with Gasteiger partial charge in [0.1, 0.15) is 17.7 Å². The highest BCUT2D eigenvalue weighted by atomic mass is 79.9. The van der Waals surface area contributed by atoms with Gasteiger partial charge in [0.2, 0.25) is 0 Å². The second kappa shape index (κ2) is 9.95. The number of hydrogen-bond donors (Lipinski definition) is 2. The summed E-state index contributed by atoms with van der Waals surface area (Å²) in [7, 11) is 0. The second-order valence-electron chi connectivity index (χ2n) is 7.25. The van der Waals surface area contributed by atoms with Crippen molar-refractivity contribution < 1.29 is 19.1 Å². The van der Waals surface area contributed by atoms with E-state index in [-0.39, 0.29) is 5.91 Å². The molecule has 4 rings (SSSR count). The number of nitrogens with zero attached hydrogens (tertiary/aromatic N) is 1. The van der Waals surface area contributed by atoms with Gasteiger partial charge in [0.15, 0.2) is 0 Å². The third kappa shape index (κ3) is 4.66. The summed E-state index contributed by atoms with van der Waals surface area (Å²) in [6.45, 7) is 4.68. The van der Waals surface area contributed by atoms with Crippen molar-refractivity contribution in [2.45, 2.75) is 20.0 Å². The lowest BCUT2D eigenvalue weighted by atomic mass is 10.0. The molecule has 1 unspecified atom stereocenters. The number of rotatable bonds is 7. The fourth-order valence-corrected chi connectivity index (χ4v) is 4.14. The minimum atomic E-state index is -0.676. The van der Waals surface area contributed by atoms with Gasteiger partial charge in [-0.1, -0.05) is 40.2 Å². The number of carbonyl (C=O) groups excluding carboxylic acids is 2. The first-order valence-corrected chi connectivity index (χ1v) is 11.5. The van der Waals surface area contributed by atoms with Crippen molar-refractivity contribution in [2.24, 2.45) is 0 Å². The Bertz CT molecular complexity index is 1180. The molecule has 8 heteroatoms. The molecule has 0 radical (unpaired) electrons. The van der Waals surface area contributed by atoms with Crippen molar-refractivity contribution in [3.8, 4) is 11.5 Å². The third-order valence-corrected chi connectivity index (χ3v) is 5.88. The Hall–Kier alpha value is -3.52. The SMILES string of the molecule is CCOc1ccc(Br)c(C2Nc3ccccc3C(=O)N2NC(=O)c2ccccc2OCC)c1. The van der Waals surface area contributed by atoms with Crippen molar-refractivity contribution in [1.29, 1.82) is 0 Å². The van der Waals surface area contributed by atoms with E-state index in [1.807, 2.05) is 44.2 Å². The van der Waals surface area contributed by atoms with Crippen molar-refractivity contribution in [2.75, 3.05) is 18.5 Å². The summed E-state index contributed by atoms with van der Waals surface area (Å²) in [5.74, 6) is 0.337. The van der Waals surface area contributed by atoms with E-state index in [1.165, 1.54) is 5.01 Å². The van der Waals surface area contributed by atoms with Crippen LogP contribution in [0.25, 0.3) is 0 Å². The first kappa shape index (κ1) is 22.7. The Morgan fingerprint density at radius 2 is 1.76 bits per heavy atom. The van der Waals surface area contributed by atoms with Gasteiger partial charge in [-0.05, 0) is 56.3 Å². The van der Waals surface area contributed by atoms with Crippen LogP contribution >= 0.6 is 15.9 Å². The number of fused-ring (bicyclic) bond motifs is 1. The fourth-order valence-electron chi connectivity index (χ4n) is 3.68. The molecule has 0 aliphatic carbocycles. The summed E-state index contributed by atoms with van der Waals surface area (Å²) in [6, 6.07) is 19.7. The second-order valence-corrected chi connectivity index (χ2v) is 8.11. The van der Waals surface area contributed by atoms with Crippen LogP contribution in [0.5, 0.6) is 11.5 Å². The molecule has 0 saturated heterocycles. The number of amides is 2. The van der Waals surface area contributed by atoms with E-state index in [0.29, 0.717) is 41.5 Å². The van der Waals surface area contributed by atoms with Crippen molar-refractivity contribution >= 4 is 33.4 Å². The largest absolute Gasteiger partial charge is 0.494 e. The summed E-state index contributed by atoms with van der Waals surface area (Å²) in [6.07, 6.45) is -0.676. The van der Waals surface area contributed by atoms with Crippen molar-refractivity contribution in [1.82, 2.24) is 10.4 Å². The number of anilines is 1. The maximum Gasteiger partial charge on any atom is 0.276 e. The standard InChI is InChI=1S/C25H24BrN3O4/c1-3-32-16-13-14-20(26)19(15-16)23-27-21-11-7-5-9-17(21)25(31)29(23)28-24(30)18-10-6-8-12-22(18)33-4-2/h5-15,23,27H,3-4H2,1-2H3,(H,28,30). The highest BCUT2D eigenvalue weighted by Crippen LogP contribution is 2.36.